The van der Waals surface area contributed by atoms with Gasteiger partial charge in [0.15, 0.2) is 0 Å². The Morgan fingerprint density at radius 3 is 1.32 bits per heavy atom. The Morgan fingerprint density at radius 1 is 0.677 bits per heavy atom. The Hall–Kier alpha value is -2.46. The van der Waals surface area contributed by atoms with Gasteiger partial charge in [0.1, 0.15) is 0 Å². The molecule has 3 nitrogen and oxygen atoms in total. The molecule has 3 heteroatoms. The lowest BCUT2D eigenvalue weighted by molar-refractivity contribution is 0.120. The highest BCUT2D eigenvalue weighted by Gasteiger charge is 2.38. The van der Waals surface area contributed by atoms with Crippen molar-refractivity contribution in [3.05, 3.63) is 108 Å². The summed E-state index contributed by atoms with van der Waals surface area (Å²) in [6, 6.07) is 32.4. The molecule has 0 bridgehead atoms. The van der Waals surface area contributed by atoms with Crippen LogP contribution in [0.3, 0.4) is 0 Å². The second-order valence-electron chi connectivity index (χ2n) is 8.76. The summed E-state index contributed by atoms with van der Waals surface area (Å²) in [7, 11) is 0. The van der Waals surface area contributed by atoms with Crippen molar-refractivity contribution in [2.24, 2.45) is 0 Å². The third kappa shape index (κ3) is 5.24. The van der Waals surface area contributed by atoms with Crippen molar-refractivity contribution in [3.63, 3.8) is 0 Å². The summed E-state index contributed by atoms with van der Waals surface area (Å²) in [5.74, 6) is 0. The molecule has 0 saturated heterocycles. The number of aliphatic hydroxyl groups excluding tert-OH is 1. The number of aliphatic hydroxyl groups is 1. The first-order valence-corrected chi connectivity index (χ1v) is 11.3. The van der Waals surface area contributed by atoms with E-state index in [1.807, 2.05) is 18.2 Å². The molecule has 0 unspecified atom stereocenters. The topological polar surface area (TPSA) is 35.5 Å². The van der Waals surface area contributed by atoms with Crippen LogP contribution in [0.15, 0.2) is 91.0 Å². The monoisotopic (exact) mass is 416 g/mol. The minimum Gasteiger partial charge on any atom is -0.395 e. The molecule has 0 amide bonds. The number of nitrogens with zero attached hydrogens (tertiary/aromatic N) is 1. The van der Waals surface area contributed by atoms with Crippen LogP contribution in [0.5, 0.6) is 0 Å². The van der Waals surface area contributed by atoms with Crippen LogP contribution in [0.4, 0.5) is 0 Å². The Bertz CT molecular complexity index is 789. The zero-order valence-electron chi connectivity index (χ0n) is 19.2. The van der Waals surface area contributed by atoms with E-state index in [2.05, 4.69) is 111 Å². The van der Waals surface area contributed by atoms with E-state index in [0.29, 0.717) is 12.1 Å². The largest absolute Gasteiger partial charge is 0.395 e. The van der Waals surface area contributed by atoms with Gasteiger partial charge in [-0.15, -0.1) is 0 Å². The molecule has 164 valence electrons. The molecule has 31 heavy (non-hydrogen) atoms. The van der Waals surface area contributed by atoms with Gasteiger partial charge in [0.05, 0.1) is 12.1 Å². The molecule has 0 aliphatic rings. The highest BCUT2D eigenvalue weighted by Crippen LogP contribution is 2.37. The van der Waals surface area contributed by atoms with Crippen molar-refractivity contribution >= 4 is 0 Å². The summed E-state index contributed by atoms with van der Waals surface area (Å²) in [5, 5.41) is 14.4. The third-order valence-corrected chi connectivity index (χ3v) is 6.02. The maximum Gasteiger partial charge on any atom is 0.0951 e. The molecule has 0 spiro atoms. The van der Waals surface area contributed by atoms with Gasteiger partial charge >= 0.3 is 0 Å². The van der Waals surface area contributed by atoms with Crippen LogP contribution >= 0.6 is 0 Å². The molecule has 0 fully saturated rings. The second-order valence-corrected chi connectivity index (χ2v) is 8.76. The molecule has 2 N–H and O–H groups in total. The molecule has 0 saturated carbocycles. The fourth-order valence-corrected chi connectivity index (χ4v) is 4.54. The molecule has 0 aromatic heterocycles. The van der Waals surface area contributed by atoms with Gasteiger partial charge in [-0.25, -0.2) is 0 Å². The van der Waals surface area contributed by atoms with Crippen molar-refractivity contribution < 1.29 is 5.11 Å². The van der Waals surface area contributed by atoms with E-state index in [0.717, 1.165) is 23.2 Å². The average molecular weight is 417 g/mol. The van der Waals surface area contributed by atoms with E-state index >= 15 is 0 Å². The summed E-state index contributed by atoms with van der Waals surface area (Å²) in [4.78, 5) is 2.43. The zero-order chi connectivity index (χ0) is 22.3. The SMILES string of the molecule is CC(C)N(C[C@@H](CO)NC(c1ccccc1)(c1ccccc1)c1ccccc1)C(C)C. The van der Waals surface area contributed by atoms with Gasteiger partial charge in [-0.1, -0.05) is 91.0 Å². The minimum absolute atomic E-state index is 0.0597. The molecular formula is C28H36N2O. The molecule has 3 rings (SSSR count). The van der Waals surface area contributed by atoms with E-state index in [1.165, 1.54) is 0 Å². The Morgan fingerprint density at radius 2 is 1.03 bits per heavy atom. The summed E-state index contributed by atoms with van der Waals surface area (Å²) in [6.45, 7) is 9.69. The molecule has 3 aromatic rings. The fraction of sp³-hybridized carbons (Fsp3) is 0.357. The molecule has 0 aliphatic carbocycles. The standard InChI is InChI=1S/C28H36N2O/c1-22(2)30(23(3)4)20-27(21-31)29-28(24-14-8-5-9-15-24,25-16-10-6-11-17-25)26-18-12-7-13-19-26/h5-19,22-23,27,29,31H,20-21H2,1-4H3/t27-/m0/s1. The van der Waals surface area contributed by atoms with Gasteiger partial charge in [0, 0.05) is 24.7 Å². The van der Waals surface area contributed by atoms with Crippen LogP contribution in [-0.2, 0) is 5.54 Å². The average Bonchev–Trinajstić information content (AvgIpc) is 2.81. The lowest BCUT2D eigenvalue weighted by Gasteiger charge is -2.42. The van der Waals surface area contributed by atoms with E-state index in [-0.39, 0.29) is 12.6 Å². The third-order valence-electron chi connectivity index (χ3n) is 6.02. The van der Waals surface area contributed by atoms with E-state index < -0.39 is 5.54 Å². The maximum atomic E-state index is 10.5. The first kappa shape index (κ1) is 23.2. The Kier molecular flexibility index (Phi) is 8.03. The van der Waals surface area contributed by atoms with Crippen LogP contribution in [0, 0.1) is 0 Å². The second kappa shape index (κ2) is 10.7. The lowest BCUT2D eigenvalue weighted by Crippen LogP contribution is -2.56. The number of hydrogen-bond donors (Lipinski definition) is 2. The van der Waals surface area contributed by atoms with E-state index in [9.17, 15) is 5.11 Å². The van der Waals surface area contributed by atoms with Crippen LogP contribution in [0.1, 0.15) is 44.4 Å². The molecule has 0 aliphatic heterocycles. The van der Waals surface area contributed by atoms with Crippen molar-refractivity contribution in [1.82, 2.24) is 10.2 Å². The summed E-state index contributed by atoms with van der Waals surface area (Å²) in [6.07, 6.45) is 0. The Balaban J connectivity index is 2.15. The molecule has 3 aromatic carbocycles. The van der Waals surface area contributed by atoms with Crippen molar-refractivity contribution in [3.8, 4) is 0 Å². The van der Waals surface area contributed by atoms with Gasteiger partial charge in [0.2, 0.25) is 0 Å². The lowest BCUT2D eigenvalue weighted by atomic mass is 9.76. The van der Waals surface area contributed by atoms with Crippen molar-refractivity contribution in [2.75, 3.05) is 13.2 Å². The van der Waals surface area contributed by atoms with Crippen LogP contribution in [-0.4, -0.2) is 41.3 Å². The first-order valence-electron chi connectivity index (χ1n) is 11.3. The molecular weight excluding hydrogens is 380 g/mol. The zero-order valence-corrected chi connectivity index (χ0v) is 19.2. The van der Waals surface area contributed by atoms with Crippen LogP contribution in [0.2, 0.25) is 0 Å². The smallest absolute Gasteiger partial charge is 0.0951 e. The predicted octanol–water partition coefficient (Wildman–Crippen LogP) is 5.05. The summed E-state index contributed by atoms with van der Waals surface area (Å²) < 4.78 is 0. The summed E-state index contributed by atoms with van der Waals surface area (Å²) >= 11 is 0. The minimum atomic E-state index is -0.573. The summed E-state index contributed by atoms with van der Waals surface area (Å²) in [5.41, 5.74) is 2.90. The van der Waals surface area contributed by atoms with Gasteiger partial charge in [-0.05, 0) is 44.4 Å². The number of benzene rings is 3. The molecule has 0 radical (unpaired) electrons. The normalized spacial score (nSPS) is 13.2. The van der Waals surface area contributed by atoms with Crippen molar-refractivity contribution in [2.45, 2.75) is 51.4 Å². The van der Waals surface area contributed by atoms with Gasteiger partial charge < -0.3 is 5.11 Å². The van der Waals surface area contributed by atoms with E-state index in [4.69, 9.17) is 0 Å². The Labute approximate surface area is 187 Å². The fourth-order valence-electron chi connectivity index (χ4n) is 4.54. The van der Waals surface area contributed by atoms with Gasteiger partial charge in [0.25, 0.3) is 0 Å². The molecule has 0 heterocycles. The number of rotatable bonds is 10. The highest BCUT2D eigenvalue weighted by molar-refractivity contribution is 5.49. The van der Waals surface area contributed by atoms with E-state index in [1.54, 1.807) is 0 Å². The van der Waals surface area contributed by atoms with Crippen molar-refractivity contribution in [1.29, 1.82) is 0 Å². The van der Waals surface area contributed by atoms with Gasteiger partial charge in [-0.2, -0.15) is 0 Å². The number of nitrogens with one attached hydrogen (secondary N) is 1. The van der Waals surface area contributed by atoms with Crippen LogP contribution < -0.4 is 5.32 Å². The number of hydrogen-bond acceptors (Lipinski definition) is 3. The quantitative estimate of drug-likeness (QED) is 0.454. The van der Waals surface area contributed by atoms with Crippen LogP contribution in [0.25, 0.3) is 0 Å². The first-order chi connectivity index (χ1) is 15.0. The predicted molar refractivity (Wildman–Crippen MR) is 130 cm³/mol. The maximum absolute atomic E-state index is 10.5. The van der Waals surface area contributed by atoms with Gasteiger partial charge in [-0.3, -0.25) is 10.2 Å². The highest BCUT2D eigenvalue weighted by atomic mass is 16.3. The molecule has 1 atom stereocenters.